The predicted molar refractivity (Wildman–Crippen MR) is 261 cm³/mol. The molecule has 22 nitrogen and oxygen atoms in total. The topological polar surface area (TPSA) is 343 Å². The van der Waals surface area contributed by atoms with Crippen LogP contribution in [0.5, 0.6) is 0 Å². The number of aryl methyl sites for hydroxylation is 1. The number of hydrogen-bond acceptors (Lipinski definition) is 16. The second kappa shape index (κ2) is 21.9. The van der Waals surface area contributed by atoms with Crippen molar-refractivity contribution in [3.63, 3.8) is 0 Å². The number of amides is 5. The Hall–Kier alpha value is -6.24. The van der Waals surface area contributed by atoms with Gasteiger partial charge in [0.25, 0.3) is 5.56 Å². The van der Waals surface area contributed by atoms with Crippen LogP contribution in [0.4, 0.5) is 4.39 Å². The third-order valence-corrected chi connectivity index (χ3v) is 14.8. The van der Waals surface area contributed by atoms with E-state index in [9.17, 15) is 53.7 Å². The van der Waals surface area contributed by atoms with Gasteiger partial charge in [0.2, 0.25) is 29.5 Å². The molecule has 11 N–H and O–H groups in total. The Balaban J connectivity index is 0.916. The van der Waals surface area contributed by atoms with Gasteiger partial charge in [0.05, 0.1) is 71.7 Å². The first-order chi connectivity index (χ1) is 34.8. The van der Waals surface area contributed by atoms with Crippen LogP contribution in [0.25, 0.3) is 22.3 Å². The maximum absolute atomic E-state index is 15.4. The number of ketones is 1. The standard InChI is InChI=1S/C51H67FN8O14/c1-8-51(71)28-14-33-42-26(18-60(33)47(68)27(28)19-73-49(51)70)40-31(11-9-25-24(5)29(52)15-32(57-42)39(25)40)58-48(69)50(6,7)20-72-21-56-45(66)23(4)13-34(61)41(22(2)3)59-46(67)30(53)10-12-38(63)55-17-36-44(65)43(64)35(74-36)16-37(54)62/h14-15,22-23,30-31,35-36,41,43-44,64-65,71H,8-13,16-21,53H2,1-7H3,(H2,54,62)(H,55,63)(H,56,66)(H,58,69)(H,59,67)/t23-,30+,31+,35+,36-,41+,43+,44-,51+/m1/s1. The van der Waals surface area contributed by atoms with E-state index in [1.807, 2.05) is 0 Å². The summed E-state index contributed by atoms with van der Waals surface area (Å²) >= 11 is 0. The number of aliphatic hydroxyl groups is 3. The number of nitrogens with zero attached hydrogens (tertiary/aromatic N) is 2. The lowest BCUT2D eigenvalue weighted by Gasteiger charge is -2.32. The minimum Gasteiger partial charge on any atom is -0.458 e. The highest BCUT2D eigenvalue weighted by Gasteiger charge is 2.47. The lowest BCUT2D eigenvalue weighted by molar-refractivity contribution is -0.172. The van der Waals surface area contributed by atoms with Crippen LogP contribution in [0.2, 0.25) is 0 Å². The van der Waals surface area contributed by atoms with Crippen molar-refractivity contribution in [1.82, 2.24) is 30.8 Å². The van der Waals surface area contributed by atoms with Crippen molar-refractivity contribution in [3.05, 3.63) is 61.7 Å². The van der Waals surface area contributed by atoms with Crippen molar-refractivity contribution in [2.24, 2.45) is 28.7 Å². The van der Waals surface area contributed by atoms with Crippen molar-refractivity contribution < 1.29 is 67.5 Å². The fourth-order valence-corrected chi connectivity index (χ4v) is 10.2. The molecule has 4 aliphatic rings. The molecule has 1 saturated heterocycles. The molecule has 402 valence electrons. The number of rotatable bonds is 21. The maximum Gasteiger partial charge on any atom is 0.343 e. The number of carbonyl (C=O) groups is 7. The highest BCUT2D eigenvalue weighted by molar-refractivity contribution is 5.95. The summed E-state index contributed by atoms with van der Waals surface area (Å²) < 4.78 is 33.4. The normalized spacial score (nSPS) is 23.0. The van der Waals surface area contributed by atoms with Crippen LogP contribution >= 0.6 is 0 Å². The van der Waals surface area contributed by atoms with E-state index >= 15 is 4.39 Å². The van der Waals surface area contributed by atoms with Crippen molar-refractivity contribution in [2.45, 2.75) is 155 Å². The zero-order chi connectivity index (χ0) is 54.3. The lowest BCUT2D eigenvalue weighted by atomic mass is 9.81. The smallest absolute Gasteiger partial charge is 0.343 e. The Morgan fingerprint density at radius 1 is 1.03 bits per heavy atom. The average Bonchev–Trinajstić information content (AvgIpc) is 3.85. The Kier molecular flexibility index (Phi) is 16.4. The number of fused-ring (bicyclic) bond motifs is 5. The average molecular weight is 1040 g/mol. The summed E-state index contributed by atoms with van der Waals surface area (Å²) in [5, 5.41) is 43.4. The minimum atomic E-state index is -2.05. The summed E-state index contributed by atoms with van der Waals surface area (Å²) in [4.78, 5) is 109. The summed E-state index contributed by atoms with van der Waals surface area (Å²) in [6, 6.07) is 0.132. The highest BCUT2D eigenvalue weighted by atomic mass is 19.1. The van der Waals surface area contributed by atoms with Crippen LogP contribution < -0.4 is 38.3 Å². The number of halogens is 1. The van der Waals surface area contributed by atoms with Gasteiger partial charge in [-0.2, -0.15) is 0 Å². The molecule has 1 fully saturated rings. The van der Waals surface area contributed by atoms with Crippen LogP contribution in [0, 0.1) is 30.0 Å². The van der Waals surface area contributed by atoms with E-state index < -0.39 is 106 Å². The molecule has 0 radical (unpaired) electrons. The molecule has 23 heteroatoms. The predicted octanol–water partition coefficient (Wildman–Crippen LogP) is 0.0715. The molecule has 5 heterocycles. The molecule has 0 bridgehead atoms. The van der Waals surface area contributed by atoms with E-state index in [1.165, 1.54) is 17.6 Å². The van der Waals surface area contributed by atoms with Gasteiger partial charge in [-0.15, -0.1) is 0 Å². The van der Waals surface area contributed by atoms with Crippen LogP contribution in [0.1, 0.15) is 119 Å². The molecule has 7 rings (SSSR count). The number of benzene rings is 1. The van der Waals surface area contributed by atoms with Crippen molar-refractivity contribution in [3.8, 4) is 11.4 Å². The summed E-state index contributed by atoms with van der Waals surface area (Å²) in [5.74, 6) is -5.83. The van der Waals surface area contributed by atoms with Crippen molar-refractivity contribution in [2.75, 3.05) is 19.9 Å². The van der Waals surface area contributed by atoms with E-state index in [0.717, 1.165) is 5.56 Å². The van der Waals surface area contributed by atoms with Gasteiger partial charge in [-0.25, -0.2) is 14.2 Å². The second-order valence-electron chi connectivity index (χ2n) is 20.9. The summed E-state index contributed by atoms with van der Waals surface area (Å²) in [5.41, 5.74) is 11.4. The van der Waals surface area contributed by atoms with Gasteiger partial charge in [0.15, 0.2) is 11.4 Å². The number of primary amides is 1. The second-order valence-corrected chi connectivity index (χ2v) is 20.9. The number of hydrogen-bond donors (Lipinski definition) is 9. The molecule has 0 saturated carbocycles. The number of Topliss-reactive ketones (excluding diaryl/α,β-unsaturated/α-hetero) is 1. The first kappa shape index (κ1) is 55.5. The number of ether oxygens (including phenoxy) is 3. The largest absolute Gasteiger partial charge is 0.458 e. The van der Waals surface area contributed by atoms with E-state index in [1.54, 1.807) is 47.6 Å². The minimum absolute atomic E-state index is 0.0430. The molecule has 74 heavy (non-hydrogen) atoms. The number of carbonyl (C=O) groups excluding carboxylic acids is 7. The zero-order valence-electron chi connectivity index (χ0n) is 42.6. The third kappa shape index (κ3) is 10.9. The summed E-state index contributed by atoms with van der Waals surface area (Å²) in [7, 11) is 0. The summed E-state index contributed by atoms with van der Waals surface area (Å²) in [6.07, 6.45) is -4.83. The number of aromatic nitrogens is 2. The van der Waals surface area contributed by atoms with E-state index in [4.69, 9.17) is 30.7 Å². The number of aliphatic hydroxyl groups excluding tert-OH is 2. The molecule has 3 aliphatic heterocycles. The number of cyclic esters (lactones) is 1. The fraction of sp³-hybridized carbons (Fsp3) is 0.588. The Labute approximate surface area is 425 Å². The van der Waals surface area contributed by atoms with Gasteiger partial charge >= 0.3 is 5.97 Å². The quantitative estimate of drug-likeness (QED) is 0.0303. The molecule has 0 spiro atoms. The summed E-state index contributed by atoms with van der Waals surface area (Å²) in [6.45, 7) is 10.7. The van der Waals surface area contributed by atoms with E-state index in [2.05, 4.69) is 21.3 Å². The first-order valence-corrected chi connectivity index (χ1v) is 24.9. The Morgan fingerprint density at radius 3 is 2.41 bits per heavy atom. The van der Waals surface area contributed by atoms with Gasteiger partial charge in [-0.1, -0.05) is 27.7 Å². The van der Waals surface area contributed by atoms with Crippen LogP contribution in [-0.4, -0.2) is 123 Å². The molecule has 5 amide bonds. The van der Waals surface area contributed by atoms with Crippen LogP contribution in [0.15, 0.2) is 16.9 Å². The molecule has 2 aromatic heterocycles. The number of nitrogens with one attached hydrogen (secondary N) is 4. The Bertz CT molecular complexity index is 2840. The van der Waals surface area contributed by atoms with Crippen LogP contribution in [-0.2, 0) is 72.9 Å². The zero-order valence-corrected chi connectivity index (χ0v) is 42.6. The monoisotopic (exact) mass is 1030 g/mol. The molecule has 1 aromatic carbocycles. The van der Waals surface area contributed by atoms with E-state index in [0.29, 0.717) is 51.8 Å². The number of esters is 1. The highest BCUT2D eigenvalue weighted by Crippen LogP contribution is 2.46. The fourth-order valence-electron chi connectivity index (χ4n) is 10.2. The number of nitrogens with two attached hydrogens (primary N) is 2. The van der Waals surface area contributed by atoms with Gasteiger partial charge < -0.3 is 66.8 Å². The third-order valence-electron chi connectivity index (χ3n) is 14.8. The number of pyridine rings is 2. The maximum atomic E-state index is 15.4. The molecular formula is C51H67FN8O14. The van der Waals surface area contributed by atoms with Gasteiger partial charge in [-0.3, -0.25) is 33.6 Å². The SMILES string of the molecule is CC[C@@]1(O)C(=O)OCc2c1cc1n(c2=O)Cc2c-1nc1cc(F)c(C)c3c1c2[C@@H](NC(=O)C(C)(C)COCNC(=O)[C@H](C)CC(=O)[C@@H](NC(=O)[C@@H](N)CCC(=O)NC[C@H]1O[C@@H](CC(N)=O)[C@H](O)[C@@H]1O)C(C)C)CC3. The van der Waals surface area contributed by atoms with Crippen molar-refractivity contribution >= 4 is 52.2 Å². The van der Waals surface area contributed by atoms with Gasteiger partial charge in [0, 0.05) is 47.9 Å². The first-order valence-electron chi connectivity index (χ1n) is 24.9. The molecule has 1 aliphatic carbocycles. The molecule has 9 atom stereocenters. The molecule has 0 unspecified atom stereocenters. The molecule has 3 aromatic rings. The van der Waals surface area contributed by atoms with Crippen molar-refractivity contribution in [1.29, 1.82) is 0 Å². The van der Waals surface area contributed by atoms with E-state index in [-0.39, 0.29) is 88.1 Å². The van der Waals surface area contributed by atoms with Gasteiger partial charge in [-0.05, 0) is 75.1 Å². The van der Waals surface area contributed by atoms with Gasteiger partial charge in [0.1, 0.15) is 37.5 Å². The van der Waals surface area contributed by atoms with Crippen LogP contribution in [0.3, 0.4) is 0 Å². The molecular weight excluding hydrogens is 968 g/mol. The Morgan fingerprint density at radius 2 is 1.73 bits per heavy atom. The lowest BCUT2D eigenvalue weighted by Crippen LogP contribution is -2.51.